The van der Waals surface area contributed by atoms with Gasteiger partial charge in [-0.15, -0.1) is 0 Å². The molecule has 7 atom stereocenters. The van der Waals surface area contributed by atoms with Crippen molar-refractivity contribution < 1.29 is 9.59 Å². The number of carbonyl (C=O) groups is 2. The second-order valence-electron chi connectivity index (χ2n) is 9.78. The Hall–Kier alpha value is -1.32. The molecule has 3 fully saturated rings. The van der Waals surface area contributed by atoms with Crippen LogP contribution in [0.2, 0.25) is 0 Å². The quantitative estimate of drug-likeness (QED) is 0.768. The molecule has 2 amide bonds. The summed E-state index contributed by atoms with van der Waals surface area (Å²) >= 11 is 0. The van der Waals surface area contributed by atoms with Crippen LogP contribution in [0.4, 0.5) is 0 Å². The summed E-state index contributed by atoms with van der Waals surface area (Å²) in [5, 5.41) is 6.39. The minimum absolute atomic E-state index is 0.0770. The smallest absolute Gasteiger partial charge is 0.243 e. The van der Waals surface area contributed by atoms with Gasteiger partial charge < -0.3 is 10.6 Å². The molecule has 138 valence electrons. The Morgan fingerprint density at radius 3 is 2.40 bits per heavy atom. The lowest BCUT2D eigenvalue weighted by Gasteiger charge is -2.50. The standard InChI is InChI=1S/C21H32N2O2/c1-21(2,3)23-20(25)17-7-6-12-13-8-10-18-16(9-11-19(24)22-18)14(13)4-5-15(12)17/h9,11-18H,4-8,10H2,1-3H3,(H,22,24)(H,23,25)/t12-,13-,14-,15-,16+,17-,18+/m0/s1. The molecule has 0 aromatic rings. The Labute approximate surface area is 151 Å². The topological polar surface area (TPSA) is 58.2 Å². The van der Waals surface area contributed by atoms with Crippen LogP contribution in [0.15, 0.2) is 12.2 Å². The molecule has 4 aliphatic rings. The van der Waals surface area contributed by atoms with Crippen LogP contribution in [-0.2, 0) is 9.59 Å². The van der Waals surface area contributed by atoms with Gasteiger partial charge >= 0.3 is 0 Å². The molecule has 2 N–H and O–H groups in total. The number of amides is 2. The molecule has 0 saturated heterocycles. The number of hydrogen-bond acceptors (Lipinski definition) is 2. The number of fused-ring (bicyclic) bond motifs is 5. The third kappa shape index (κ3) is 3.13. The molecule has 3 aliphatic carbocycles. The normalized spacial score (nSPS) is 42.8. The first-order valence-electron chi connectivity index (χ1n) is 10.1. The van der Waals surface area contributed by atoms with E-state index in [4.69, 9.17) is 0 Å². The van der Waals surface area contributed by atoms with Crippen molar-refractivity contribution in [1.29, 1.82) is 0 Å². The fraction of sp³-hybridized carbons (Fsp3) is 0.810. The third-order valence-corrected chi connectivity index (χ3v) is 7.21. The summed E-state index contributed by atoms with van der Waals surface area (Å²) in [6.45, 7) is 6.21. The van der Waals surface area contributed by atoms with Crippen molar-refractivity contribution >= 4 is 11.8 Å². The Morgan fingerprint density at radius 2 is 1.64 bits per heavy atom. The summed E-state index contributed by atoms with van der Waals surface area (Å²) in [6, 6.07) is 0.344. The highest BCUT2D eigenvalue weighted by atomic mass is 16.2. The highest BCUT2D eigenvalue weighted by Gasteiger charge is 2.52. The van der Waals surface area contributed by atoms with Gasteiger partial charge in [-0.05, 0) is 89.0 Å². The first-order valence-corrected chi connectivity index (χ1v) is 10.1. The van der Waals surface area contributed by atoms with Gasteiger partial charge in [0.05, 0.1) is 0 Å². The average Bonchev–Trinajstić information content (AvgIpc) is 2.96. The van der Waals surface area contributed by atoms with Crippen molar-refractivity contribution in [2.75, 3.05) is 0 Å². The number of rotatable bonds is 1. The molecular formula is C21H32N2O2. The van der Waals surface area contributed by atoms with Crippen LogP contribution >= 0.6 is 0 Å². The van der Waals surface area contributed by atoms with Gasteiger partial charge in [-0.25, -0.2) is 0 Å². The first kappa shape index (κ1) is 17.1. The van der Waals surface area contributed by atoms with Gasteiger partial charge in [-0.2, -0.15) is 0 Å². The van der Waals surface area contributed by atoms with E-state index >= 15 is 0 Å². The Bertz CT molecular complexity index is 591. The van der Waals surface area contributed by atoms with Crippen LogP contribution in [0.3, 0.4) is 0 Å². The molecule has 1 heterocycles. The first-order chi connectivity index (χ1) is 11.8. The van der Waals surface area contributed by atoms with E-state index in [1.54, 1.807) is 6.08 Å². The van der Waals surface area contributed by atoms with Crippen molar-refractivity contribution in [3.8, 4) is 0 Å². The van der Waals surface area contributed by atoms with Gasteiger partial charge in [0.25, 0.3) is 0 Å². The minimum Gasteiger partial charge on any atom is -0.351 e. The van der Waals surface area contributed by atoms with Crippen LogP contribution in [0.5, 0.6) is 0 Å². The molecule has 25 heavy (non-hydrogen) atoms. The lowest BCUT2D eigenvalue weighted by Crippen LogP contribution is -2.53. The highest BCUT2D eigenvalue weighted by Crippen LogP contribution is 2.56. The molecule has 4 heteroatoms. The zero-order valence-corrected chi connectivity index (χ0v) is 15.8. The molecule has 4 rings (SSSR count). The fourth-order valence-electron chi connectivity index (χ4n) is 6.39. The van der Waals surface area contributed by atoms with Gasteiger partial charge in [0.15, 0.2) is 0 Å². The van der Waals surface area contributed by atoms with Crippen LogP contribution < -0.4 is 10.6 Å². The zero-order chi connectivity index (χ0) is 17.8. The Kier molecular flexibility index (Phi) is 4.20. The minimum atomic E-state index is -0.143. The summed E-state index contributed by atoms with van der Waals surface area (Å²) in [7, 11) is 0. The number of hydrogen-bond donors (Lipinski definition) is 2. The fourth-order valence-corrected chi connectivity index (χ4v) is 6.39. The molecule has 0 bridgehead atoms. The maximum atomic E-state index is 12.8. The van der Waals surface area contributed by atoms with Crippen molar-refractivity contribution in [2.45, 2.75) is 70.9 Å². The molecule has 0 spiro atoms. The Morgan fingerprint density at radius 1 is 1.00 bits per heavy atom. The zero-order valence-electron chi connectivity index (χ0n) is 15.8. The SMILES string of the molecule is CC(C)(C)NC(=O)[C@H]1CC[C@H]2[C@@H]3CC[C@H]4NC(=O)C=C[C@@H]4[C@H]3CC[C@@H]21. The van der Waals surface area contributed by atoms with Gasteiger partial charge in [0.1, 0.15) is 0 Å². The van der Waals surface area contributed by atoms with Crippen molar-refractivity contribution in [3.05, 3.63) is 12.2 Å². The second-order valence-corrected chi connectivity index (χ2v) is 9.78. The van der Waals surface area contributed by atoms with Gasteiger partial charge in [-0.3, -0.25) is 9.59 Å². The van der Waals surface area contributed by atoms with Crippen molar-refractivity contribution in [2.24, 2.45) is 35.5 Å². The lowest BCUT2D eigenvalue weighted by atomic mass is 9.56. The predicted molar refractivity (Wildman–Crippen MR) is 97.6 cm³/mol. The Balaban J connectivity index is 1.48. The summed E-state index contributed by atoms with van der Waals surface area (Å²) in [5.41, 5.74) is -0.143. The molecule has 0 aromatic carbocycles. The number of carbonyl (C=O) groups excluding carboxylic acids is 2. The lowest BCUT2D eigenvalue weighted by molar-refractivity contribution is -0.129. The van der Waals surface area contributed by atoms with Crippen molar-refractivity contribution in [3.63, 3.8) is 0 Å². The van der Waals surface area contributed by atoms with E-state index in [1.165, 1.54) is 25.7 Å². The van der Waals surface area contributed by atoms with Gasteiger partial charge in [0, 0.05) is 23.4 Å². The molecule has 0 radical (unpaired) electrons. The van der Waals surface area contributed by atoms with E-state index in [2.05, 4.69) is 37.5 Å². The molecular weight excluding hydrogens is 312 g/mol. The highest BCUT2D eigenvalue weighted by molar-refractivity contribution is 5.88. The molecule has 4 nitrogen and oxygen atoms in total. The van der Waals surface area contributed by atoms with Crippen molar-refractivity contribution in [1.82, 2.24) is 10.6 Å². The summed E-state index contributed by atoms with van der Waals surface area (Å²) in [5.74, 6) is 3.80. The predicted octanol–water partition coefficient (Wildman–Crippen LogP) is 3.03. The maximum absolute atomic E-state index is 12.8. The summed E-state index contributed by atoms with van der Waals surface area (Å²) in [6.07, 6.45) is 10.9. The molecule has 3 saturated carbocycles. The van der Waals surface area contributed by atoms with Crippen LogP contribution in [-0.4, -0.2) is 23.4 Å². The van der Waals surface area contributed by atoms with E-state index in [9.17, 15) is 9.59 Å². The maximum Gasteiger partial charge on any atom is 0.243 e. The molecule has 1 aliphatic heterocycles. The third-order valence-electron chi connectivity index (χ3n) is 7.21. The van der Waals surface area contributed by atoms with Gasteiger partial charge in [0.2, 0.25) is 11.8 Å². The van der Waals surface area contributed by atoms with E-state index < -0.39 is 0 Å². The average molecular weight is 344 g/mol. The number of nitrogens with one attached hydrogen (secondary N) is 2. The van der Waals surface area contributed by atoms with Gasteiger partial charge in [-0.1, -0.05) is 6.08 Å². The molecule has 0 aromatic heterocycles. The molecule has 0 unspecified atom stereocenters. The van der Waals surface area contributed by atoms with Crippen LogP contribution in [0.1, 0.15) is 59.3 Å². The monoisotopic (exact) mass is 344 g/mol. The largest absolute Gasteiger partial charge is 0.351 e. The van der Waals surface area contributed by atoms with E-state index in [1.807, 2.05) is 0 Å². The van der Waals surface area contributed by atoms with Crippen LogP contribution in [0.25, 0.3) is 0 Å². The van der Waals surface area contributed by atoms with E-state index in [0.717, 1.165) is 18.8 Å². The van der Waals surface area contributed by atoms with E-state index in [-0.39, 0.29) is 23.3 Å². The van der Waals surface area contributed by atoms with E-state index in [0.29, 0.717) is 29.7 Å². The summed E-state index contributed by atoms with van der Waals surface area (Å²) < 4.78 is 0. The summed E-state index contributed by atoms with van der Waals surface area (Å²) in [4.78, 5) is 24.4. The second kappa shape index (κ2) is 6.14. The van der Waals surface area contributed by atoms with Crippen LogP contribution in [0, 0.1) is 35.5 Å².